The second kappa shape index (κ2) is 9.95. The fourth-order valence-corrected chi connectivity index (χ4v) is 3.82. The van der Waals surface area contributed by atoms with Gasteiger partial charge >= 0.3 is 0 Å². The summed E-state index contributed by atoms with van der Waals surface area (Å²) in [6.45, 7) is 2.01. The zero-order chi connectivity index (χ0) is 24.2. The molecule has 1 heterocycles. The van der Waals surface area contributed by atoms with Crippen LogP contribution in [0.2, 0.25) is 0 Å². The molecule has 7 heteroatoms. The molecule has 172 valence electrons. The number of anilines is 1. The van der Waals surface area contributed by atoms with Crippen LogP contribution in [0, 0.1) is 6.92 Å². The van der Waals surface area contributed by atoms with E-state index in [1.165, 1.54) is 0 Å². The number of ether oxygens (including phenoxy) is 1. The van der Waals surface area contributed by atoms with Gasteiger partial charge in [-0.3, -0.25) is 4.79 Å². The topological polar surface area (TPSA) is 69.0 Å². The standard InChI is InChI=1S/C28H21BrN4O2/c1-19-6-5-7-23(18-19)33-27(20-10-12-21(29)13-11-20)31-26(32-33)28(34)30-22-14-16-25(17-15-22)35-24-8-3-2-4-9-24/h2-18H,1H3,(H,30,34). The van der Waals surface area contributed by atoms with Crippen molar-refractivity contribution in [3.8, 4) is 28.6 Å². The van der Waals surface area contributed by atoms with Crippen LogP contribution >= 0.6 is 15.9 Å². The van der Waals surface area contributed by atoms with Crippen LogP contribution in [-0.4, -0.2) is 20.7 Å². The Bertz CT molecular complexity index is 1460. The van der Waals surface area contributed by atoms with Gasteiger partial charge in [0.2, 0.25) is 5.82 Å². The van der Waals surface area contributed by atoms with Gasteiger partial charge in [-0.25, -0.2) is 9.67 Å². The summed E-state index contributed by atoms with van der Waals surface area (Å²) < 4.78 is 8.47. The van der Waals surface area contributed by atoms with Crippen LogP contribution in [0.1, 0.15) is 16.2 Å². The molecule has 6 nitrogen and oxygen atoms in total. The van der Waals surface area contributed by atoms with E-state index in [0.717, 1.165) is 27.0 Å². The van der Waals surface area contributed by atoms with Gasteiger partial charge in [-0.1, -0.05) is 58.4 Å². The van der Waals surface area contributed by atoms with Crippen molar-refractivity contribution in [3.05, 3.63) is 119 Å². The highest BCUT2D eigenvalue weighted by Crippen LogP contribution is 2.25. The smallest absolute Gasteiger partial charge is 0.295 e. The average Bonchev–Trinajstić information content (AvgIpc) is 3.32. The number of carbonyl (C=O) groups is 1. The van der Waals surface area contributed by atoms with Crippen molar-refractivity contribution in [2.24, 2.45) is 0 Å². The minimum absolute atomic E-state index is 0.0778. The van der Waals surface area contributed by atoms with E-state index in [-0.39, 0.29) is 5.82 Å². The maximum Gasteiger partial charge on any atom is 0.295 e. The number of amides is 1. The van der Waals surface area contributed by atoms with E-state index < -0.39 is 5.91 Å². The molecule has 0 saturated heterocycles. The highest BCUT2D eigenvalue weighted by Gasteiger charge is 2.19. The summed E-state index contributed by atoms with van der Waals surface area (Å²) in [6, 6.07) is 32.3. The number of hydrogen-bond donors (Lipinski definition) is 1. The maximum atomic E-state index is 13.1. The van der Waals surface area contributed by atoms with Crippen LogP contribution in [0.15, 0.2) is 108 Å². The molecule has 5 rings (SSSR count). The SMILES string of the molecule is Cc1cccc(-n2nc(C(=O)Nc3ccc(Oc4ccccc4)cc3)nc2-c2ccc(Br)cc2)c1. The molecule has 5 aromatic rings. The molecule has 1 aromatic heterocycles. The summed E-state index contributed by atoms with van der Waals surface area (Å²) in [5.74, 6) is 1.68. The number of nitrogens with one attached hydrogen (secondary N) is 1. The van der Waals surface area contributed by atoms with Crippen molar-refractivity contribution in [2.75, 3.05) is 5.32 Å². The van der Waals surface area contributed by atoms with Gasteiger partial charge in [0.05, 0.1) is 5.69 Å². The van der Waals surface area contributed by atoms with E-state index >= 15 is 0 Å². The summed E-state index contributed by atoms with van der Waals surface area (Å²) >= 11 is 3.46. The van der Waals surface area contributed by atoms with Crippen LogP contribution in [-0.2, 0) is 0 Å². The Morgan fingerprint density at radius 1 is 0.857 bits per heavy atom. The quantitative estimate of drug-likeness (QED) is 0.258. The molecule has 0 unspecified atom stereocenters. The summed E-state index contributed by atoms with van der Waals surface area (Å²) in [4.78, 5) is 17.6. The predicted octanol–water partition coefficient (Wildman–Crippen LogP) is 7.05. The molecule has 0 bridgehead atoms. The first kappa shape index (κ1) is 22.6. The van der Waals surface area contributed by atoms with E-state index in [9.17, 15) is 4.79 Å². The number of para-hydroxylation sites is 1. The predicted molar refractivity (Wildman–Crippen MR) is 140 cm³/mol. The maximum absolute atomic E-state index is 13.1. The lowest BCUT2D eigenvalue weighted by Gasteiger charge is -2.07. The van der Waals surface area contributed by atoms with Crippen LogP contribution in [0.3, 0.4) is 0 Å². The first-order valence-corrected chi connectivity index (χ1v) is 11.8. The Morgan fingerprint density at radius 2 is 1.57 bits per heavy atom. The van der Waals surface area contributed by atoms with E-state index in [1.54, 1.807) is 28.9 Å². The third kappa shape index (κ3) is 5.31. The molecule has 0 aliphatic rings. The van der Waals surface area contributed by atoms with Crippen molar-refractivity contribution >= 4 is 27.5 Å². The second-order valence-corrected chi connectivity index (χ2v) is 8.83. The Balaban J connectivity index is 1.40. The second-order valence-electron chi connectivity index (χ2n) is 7.91. The lowest BCUT2D eigenvalue weighted by atomic mass is 10.2. The van der Waals surface area contributed by atoms with Gasteiger partial charge < -0.3 is 10.1 Å². The minimum atomic E-state index is -0.397. The zero-order valence-electron chi connectivity index (χ0n) is 18.9. The summed E-state index contributed by atoms with van der Waals surface area (Å²) in [5, 5.41) is 7.42. The number of hydrogen-bond acceptors (Lipinski definition) is 4. The highest BCUT2D eigenvalue weighted by atomic mass is 79.9. The van der Waals surface area contributed by atoms with Crippen LogP contribution in [0.5, 0.6) is 11.5 Å². The molecule has 1 amide bonds. The highest BCUT2D eigenvalue weighted by molar-refractivity contribution is 9.10. The Morgan fingerprint density at radius 3 is 2.29 bits per heavy atom. The molecule has 0 spiro atoms. The molecule has 0 aliphatic heterocycles. The normalized spacial score (nSPS) is 10.7. The van der Waals surface area contributed by atoms with Gasteiger partial charge in [0.25, 0.3) is 5.91 Å². The zero-order valence-corrected chi connectivity index (χ0v) is 20.4. The van der Waals surface area contributed by atoms with Crippen LogP contribution in [0.4, 0.5) is 5.69 Å². The molecule has 0 aliphatic carbocycles. The van der Waals surface area contributed by atoms with Crippen LogP contribution in [0.25, 0.3) is 17.1 Å². The van der Waals surface area contributed by atoms with Gasteiger partial charge in [-0.05, 0) is 73.2 Å². The lowest BCUT2D eigenvalue weighted by molar-refractivity contribution is 0.101. The molecule has 4 aromatic carbocycles. The number of halogens is 1. The molecule has 35 heavy (non-hydrogen) atoms. The third-order valence-electron chi connectivity index (χ3n) is 5.25. The van der Waals surface area contributed by atoms with E-state index in [1.807, 2.05) is 85.8 Å². The molecule has 0 saturated carbocycles. The summed E-state index contributed by atoms with van der Waals surface area (Å²) in [6.07, 6.45) is 0. The van der Waals surface area contributed by atoms with Gasteiger partial charge in [-0.2, -0.15) is 0 Å². The molecular formula is C28H21BrN4O2. The van der Waals surface area contributed by atoms with Gasteiger partial charge in [-0.15, -0.1) is 5.10 Å². The molecule has 1 N–H and O–H groups in total. The largest absolute Gasteiger partial charge is 0.457 e. The number of nitrogens with zero attached hydrogens (tertiary/aromatic N) is 3. The van der Waals surface area contributed by atoms with Crippen LogP contribution < -0.4 is 10.1 Å². The Hall–Kier alpha value is -4.23. The fourth-order valence-electron chi connectivity index (χ4n) is 3.55. The van der Waals surface area contributed by atoms with Crippen molar-refractivity contribution < 1.29 is 9.53 Å². The molecule has 0 radical (unpaired) electrons. The molecule has 0 fully saturated rings. The third-order valence-corrected chi connectivity index (χ3v) is 5.78. The summed E-state index contributed by atoms with van der Waals surface area (Å²) in [7, 11) is 0. The summed E-state index contributed by atoms with van der Waals surface area (Å²) in [5.41, 5.74) is 3.39. The number of aryl methyl sites for hydroxylation is 1. The van der Waals surface area contributed by atoms with E-state index in [0.29, 0.717) is 17.3 Å². The van der Waals surface area contributed by atoms with Crippen molar-refractivity contribution in [3.63, 3.8) is 0 Å². The first-order valence-electron chi connectivity index (χ1n) is 11.0. The molecular weight excluding hydrogens is 504 g/mol. The number of rotatable bonds is 6. The average molecular weight is 525 g/mol. The number of carbonyl (C=O) groups excluding carboxylic acids is 1. The van der Waals surface area contributed by atoms with Crippen molar-refractivity contribution in [1.29, 1.82) is 0 Å². The fraction of sp³-hybridized carbons (Fsp3) is 0.0357. The van der Waals surface area contributed by atoms with Crippen molar-refractivity contribution in [1.82, 2.24) is 14.8 Å². The first-order chi connectivity index (χ1) is 17.0. The monoisotopic (exact) mass is 524 g/mol. The minimum Gasteiger partial charge on any atom is -0.457 e. The van der Waals surface area contributed by atoms with E-state index in [4.69, 9.17) is 4.74 Å². The number of benzene rings is 4. The van der Waals surface area contributed by atoms with E-state index in [2.05, 4.69) is 31.3 Å². The number of aromatic nitrogens is 3. The Kier molecular flexibility index (Phi) is 6.41. The van der Waals surface area contributed by atoms with Crippen molar-refractivity contribution in [2.45, 2.75) is 6.92 Å². The van der Waals surface area contributed by atoms with Gasteiger partial charge in [0.15, 0.2) is 5.82 Å². The Labute approximate surface area is 211 Å². The van der Waals surface area contributed by atoms with Gasteiger partial charge in [0, 0.05) is 15.7 Å². The molecule has 0 atom stereocenters. The van der Waals surface area contributed by atoms with Gasteiger partial charge in [0.1, 0.15) is 11.5 Å². The lowest BCUT2D eigenvalue weighted by Crippen LogP contribution is -2.14.